The predicted octanol–water partition coefficient (Wildman–Crippen LogP) is 1.94. The minimum atomic E-state index is -4.71. The second-order valence-corrected chi connectivity index (χ2v) is 11.9. The van der Waals surface area contributed by atoms with E-state index in [2.05, 4.69) is 25.8 Å². The van der Waals surface area contributed by atoms with Gasteiger partial charge < -0.3 is 25.8 Å². The summed E-state index contributed by atoms with van der Waals surface area (Å²) in [5.74, 6) is -1.59. The molecule has 0 heterocycles. The van der Waals surface area contributed by atoms with Crippen molar-refractivity contribution in [2.24, 2.45) is 11.8 Å². The molecule has 40 heavy (non-hydrogen) atoms. The standard InChI is InChI=1S/C27H43N4O8P/c1-17(2)24(27(35)29-18(3)25(33)28-15-14-20-8-6-5-7-9-20)31-26(34)23(30-19(4)32)16-21-10-12-22(13-11-21)39-40(36,37)38/h10-13,17-18,20,23-24H,5-9,14-16H2,1-4H3,(H,28,33)(H,29,35)(H,30,32)(H,31,34)(H2,36,37,38)/t18-,23-,24-/m0/s1. The van der Waals surface area contributed by atoms with E-state index in [1.165, 1.54) is 63.3 Å². The SMILES string of the molecule is CC(=O)N[C@@H](Cc1ccc(OP(=O)(O)O)cc1)C(=O)N[C@H](C(=O)N[C@@H](C)C(=O)NCCC1CCCCC1)C(C)C. The number of carbonyl (C=O) groups excluding carboxylic acids is 4. The van der Waals surface area contributed by atoms with Gasteiger partial charge in [-0.3, -0.25) is 29.0 Å². The molecule has 1 aliphatic carbocycles. The molecule has 3 atom stereocenters. The zero-order chi connectivity index (χ0) is 29.9. The summed E-state index contributed by atoms with van der Waals surface area (Å²) in [4.78, 5) is 68.4. The van der Waals surface area contributed by atoms with Crippen LogP contribution in [0.4, 0.5) is 0 Å². The van der Waals surface area contributed by atoms with Crippen LogP contribution in [0.1, 0.15) is 71.8 Å². The number of rotatable bonds is 14. The van der Waals surface area contributed by atoms with E-state index in [0.717, 1.165) is 6.42 Å². The smallest absolute Gasteiger partial charge is 0.404 e. The summed E-state index contributed by atoms with van der Waals surface area (Å²) in [6.07, 6.45) is 7.08. The first kappa shape index (κ1) is 33.3. The summed E-state index contributed by atoms with van der Waals surface area (Å²) in [6, 6.07) is 2.91. The van der Waals surface area contributed by atoms with Gasteiger partial charge in [0.25, 0.3) is 0 Å². The first-order valence-electron chi connectivity index (χ1n) is 13.7. The first-order valence-corrected chi connectivity index (χ1v) is 15.3. The van der Waals surface area contributed by atoms with Gasteiger partial charge in [-0.25, -0.2) is 4.57 Å². The third-order valence-corrected chi connectivity index (χ3v) is 7.31. The Hall–Kier alpha value is -2.95. The zero-order valence-electron chi connectivity index (χ0n) is 23.6. The number of phosphoric ester groups is 1. The van der Waals surface area contributed by atoms with E-state index in [9.17, 15) is 23.7 Å². The van der Waals surface area contributed by atoms with Gasteiger partial charge >= 0.3 is 7.82 Å². The summed E-state index contributed by atoms with van der Waals surface area (Å²) >= 11 is 0. The van der Waals surface area contributed by atoms with Crippen molar-refractivity contribution in [2.75, 3.05) is 6.54 Å². The van der Waals surface area contributed by atoms with Crippen LogP contribution in [-0.2, 0) is 30.2 Å². The van der Waals surface area contributed by atoms with Crippen LogP contribution in [0, 0.1) is 11.8 Å². The highest BCUT2D eigenvalue weighted by molar-refractivity contribution is 7.46. The number of hydrogen-bond donors (Lipinski definition) is 6. The molecule has 1 aliphatic rings. The van der Waals surface area contributed by atoms with Gasteiger partial charge in [0.2, 0.25) is 23.6 Å². The lowest BCUT2D eigenvalue weighted by atomic mass is 9.87. The number of carbonyl (C=O) groups is 4. The molecule has 0 bridgehead atoms. The maximum Gasteiger partial charge on any atom is 0.524 e. The second kappa shape index (κ2) is 15.7. The van der Waals surface area contributed by atoms with Crippen LogP contribution >= 0.6 is 7.82 Å². The molecule has 13 heteroatoms. The molecule has 0 aromatic heterocycles. The lowest BCUT2D eigenvalue weighted by Crippen LogP contribution is -2.58. The Morgan fingerprint density at radius 3 is 2.10 bits per heavy atom. The van der Waals surface area contributed by atoms with E-state index in [1.807, 2.05) is 0 Å². The Morgan fingerprint density at radius 1 is 0.925 bits per heavy atom. The molecule has 1 fully saturated rings. The van der Waals surface area contributed by atoms with Crippen molar-refractivity contribution in [3.05, 3.63) is 29.8 Å². The number of benzene rings is 1. The Kier molecular flexibility index (Phi) is 13.1. The van der Waals surface area contributed by atoms with Crippen molar-refractivity contribution >= 4 is 31.5 Å². The molecule has 0 saturated heterocycles. The fraction of sp³-hybridized carbons (Fsp3) is 0.630. The normalized spacial score (nSPS) is 16.4. The number of hydrogen-bond acceptors (Lipinski definition) is 6. The van der Waals surface area contributed by atoms with Gasteiger partial charge in [-0.15, -0.1) is 0 Å². The lowest BCUT2D eigenvalue weighted by molar-refractivity contribution is -0.134. The summed E-state index contributed by atoms with van der Waals surface area (Å²) in [5, 5.41) is 10.8. The predicted molar refractivity (Wildman–Crippen MR) is 149 cm³/mol. The van der Waals surface area contributed by atoms with Crippen molar-refractivity contribution in [1.82, 2.24) is 21.3 Å². The number of amides is 4. The van der Waals surface area contributed by atoms with Crippen LogP contribution in [0.15, 0.2) is 24.3 Å². The Bertz CT molecular complexity index is 1050. The van der Waals surface area contributed by atoms with E-state index in [1.54, 1.807) is 20.8 Å². The minimum Gasteiger partial charge on any atom is -0.404 e. The summed E-state index contributed by atoms with van der Waals surface area (Å²) in [5.41, 5.74) is 0.580. The Labute approximate surface area is 235 Å². The molecular weight excluding hydrogens is 539 g/mol. The van der Waals surface area contributed by atoms with Crippen LogP contribution in [0.2, 0.25) is 0 Å². The van der Waals surface area contributed by atoms with Crippen molar-refractivity contribution in [3.8, 4) is 5.75 Å². The van der Waals surface area contributed by atoms with Gasteiger partial charge in [-0.1, -0.05) is 58.1 Å². The molecule has 12 nitrogen and oxygen atoms in total. The average molecular weight is 583 g/mol. The maximum absolute atomic E-state index is 13.2. The molecule has 224 valence electrons. The third kappa shape index (κ3) is 12.1. The van der Waals surface area contributed by atoms with Crippen molar-refractivity contribution in [2.45, 2.75) is 90.8 Å². The Morgan fingerprint density at radius 2 is 1.55 bits per heavy atom. The zero-order valence-corrected chi connectivity index (χ0v) is 24.5. The molecule has 1 aromatic rings. The van der Waals surface area contributed by atoms with Crippen LogP contribution in [0.5, 0.6) is 5.75 Å². The first-order chi connectivity index (χ1) is 18.7. The molecule has 0 radical (unpaired) electrons. The van der Waals surface area contributed by atoms with Crippen LogP contribution in [0.25, 0.3) is 0 Å². The molecular formula is C27H43N4O8P. The third-order valence-electron chi connectivity index (χ3n) is 6.86. The minimum absolute atomic E-state index is 0.0494. The highest BCUT2D eigenvalue weighted by Crippen LogP contribution is 2.37. The molecule has 4 amide bonds. The van der Waals surface area contributed by atoms with Crippen LogP contribution in [-0.4, -0.2) is 58.1 Å². The summed E-state index contributed by atoms with van der Waals surface area (Å²) in [6.45, 7) is 6.92. The lowest BCUT2D eigenvalue weighted by Gasteiger charge is -2.26. The fourth-order valence-corrected chi connectivity index (χ4v) is 5.10. The van der Waals surface area contributed by atoms with E-state index < -0.39 is 43.7 Å². The van der Waals surface area contributed by atoms with E-state index >= 15 is 0 Å². The van der Waals surface area contributed by atoms with Crippen LogP contribution in [0.3, 0.4) is 0 Å². The molecule has 0 aliphatic heterocycles. The topological polar surface area (TPSA) is 183 Å². The van der Waals surface area contributed by atoms with Gasteiger partial charge in [0, 0.05) is 19.9 Å². The van der Waals surface area contributed by atoms with Crippen molar-refractivity contribution in [3.63, 3.8) is 0 Å². The van der Waals surface area contributed by atoms with Crippen LogP contribution < -0.4 is 25.8 Å². The van der Waals surface area contributed by atoms with E-state index in [4.69, 9.17) is 9.79 Å². The quantitative estimate of drug-likeness (QED) is 0.180. The molecule has 1 saturated carbocycles. The van der Waals surface area contributed by atoms with E-state index in [0.29, 0.717) is 18.0 Å². The molecule has 0 spiro atoms. The van der Waals surface area contributed by atoms with Gasteiger partial charge in [-0.05, 0) is 42.9 Å². The van der Waals surface area contributed by atoms with Gasteiger partial charge in [0.1, 0.15) is 23.9 Å². The highest BCUT2D eigenvalue weighted by Gasteiger charge is 2.30. The second-order valence-electron chi connectivity index (χ2n) is 10.7. The number of phosphoric acid groups is 1. The molecule has 1 aromatic carbocycles. The highest BCUT2D eigenvalue weighted by atomic mass is 31.2. The molecule has 6 N–H and O–H groups in total. The Balaban J connectivity index is 1.96. The average Bonchev–Trinajstić information content (AvgIpc) is 2.87. The van der Waals surface area contributed by atoms with Gasteiger partial charge in [-0.2, -0.15) is 0 Å². The van der Waals surface area contributed by atoms with Crippen molar-refractivity contribution in [1.29, 1.82) is 0 Å². The molecule has 0 unspecified atom stereocenters. The summed E-state index contributed by atoms with van der Waals surface area (Å²) < 4.78 is 15.5. The number of nitrogens with one attached hydrogen (secondary N) is 4. The maximum atomic E-state index is 13.2. The van der Waals surface area contributed by atoms with Gasteiger partial charge in [0.15, 0.2) is 0 Å². The monoisotopic (exact) mass is 582 g/mol. The van der Waals surface area contributed by atoms with Gasteiger partial charge in [0.05, 0.1) is 0 Å². The van der Waals surface area contributed by atoms with Crippen molar-refractivity contribution < 1.29 is 38.1 Å². The van der Waals surface area contributed by atoms with E-state index in [-0.39, 0.29) is 24.0 Å². The fourth-order valence-electron chi connectivity index (χ4n) is 4.70. The summed E-state index contributed by atoms with van der Waals surface area (Å²) in [7, 11) is -4.71. The molecule has 2 rings (SSSR count). The largest absolute Gasteiger partial charge is 0.524 e.